The third-order valence-electron chi connectivity index (χ3n) is 2.40. The maximum atomic E-state index is 11.6. The highest BCUT2D eigenvalue weighted by Gasteiger charge is 2.16. The molecule has 0 fully saturated rings. The Hall–Kier alpha value is -2.83. The number of ether oxygens (including phenoxy) is 1. The van der Waals surface area contributed by atoms with Crippen LogP contribution in [-0.2, 0) is 0 Å². The summed E-state index contributed by atoms with van der Waals surface area (Å²) in [6.07, 6.45) is 0. The maximum Gasteiger partial charge on any atom is 0.433 e. The van der Waals surface area contributed by atoms with Crippen LogP contribution in [0.4, 0.5) is 5.88 Å². The van der Waals surface area contributed by atoms with E-state index in [-0.39, 0.29) is 12.3 Å². The van der Waals surface area contributed by atoms with Crippen LogP contribution in [-0.4, -0.2) is 24.0 Å². The standard InChI is InChI=1S/C13H12N2O5/c16-13(11-6-7-12(20-11)15(17)18)14-8-9-19-10-4-2-1-3-5-10/h1-7H,8-9H2,(H,14,16). The van der Waals surface area contributed by atoms with Gasteiger partial charge in [-0.05, 0) is 18.2 Å². The molecule has 7 nitrogen and oxygen atoms in total. The Morgan fingerprint density at radius 3 is 2.65 bits per heavy atom. The molecule has 2 rings (SSSR count). The lowest BCUT2D eigenvalue weighted by Gasteiger charge is -2.06. The highest BCUT2D eigenvalue weighted by molar-refractivity contribution is 5.91. The van der Waals surface area contributed by atoms with E-state index < -0.39 is 16.7 Å². The molecule has 0 bridgehead atoms. The van der Waals surface area contributed by atoms with Crippen molar-refractivity contribution < 1.29 is 18.9 Å². The van der Waals surface area contributed by atoms with Gasteiger partial charge in [0.1, 0.15) is 17.3 Å². The molecule has 1 aromatic carbocycles. The third-order valence-corrected chi connectivity index (χ3v) is 2.40. The molecule has 0 aliphatic rings. The first kappa shape index (κ1) is 13.6. The lowest BCUT2D eigenvalue weighted by atomic mass is 10.3. The molecule has 20 heavy (non-hydrogen) atoms. The number of benzene rings is 1. The predicted molar refractivity (Wildman–Crippen MR) is 69.6 cm³/mol. The average molecular weight is 276 g/mol. The number of nitrogens with one attached hydrogen (secondary N) is 1. The monoisotopic (exact) mass is 276 g/mol. The van der Waals surface area contributed by atoms with E-state index >= 15 is 0 Å². The second-order valence-corrected chi connectivity index (χ2v) is 3.81. The fraction of sp³-hybridized carbons (Fsp3) is 0.154. The van der Waals surface area contributed by atoms with E-state index in [0.29, 0.717) is 12.4 Å². The van der Waals surface area contributed by atoms with E-state index in [4.69, 9.17) is 9.15 Å². The highest BCUT2D eigenvalue weighted by atomic mass is 16.6. The molecule has 0 unspecified atom stereocenters. The fourth-order valence-corrected chi connectivity index (χ4v) is 1.49. The zero-order valence-corrected chi connectivity index (χ0v) is 10.4. The fourth-order valence-electron chi connectivity index (χ4n) is 1.49. The normalized spacial score (nSPS) is 10.0. The van der Waals surface area contributed by atoms with Crippen molar-refractivity contribution >= 4 is 11.8 Å². The molecule has 0 saturated carbocycles. The quantitative estimate of drug-likeness (QED) is 0.494. The zero-order chi connectivity index (χ0) is 14.4. The van der Waals surface area contributed by atoms with Crippen LogP contribution < -0.4 is 10.1 Å². The first-order chi connectivity index (χ1) is 9.66. The van der Waals surface area contributed by atoms with Gasteiger partial charge in [0.15, 0.2) is 5.76 Å². The number of carbonyl (C=O) groups is 1. The van der Waals surface area contributed by atoms with E-state index in [1.807, 2.05) is 18.2 Å². The van der Waals surface area contributed by atoms with Crippen LogP contribution in [0, 0.1) is 10.1 Å². The number of furan rings is 1. The lowest BCUT2D eigenvalue weighted by molar-refractivity contribution is -0.402. The number of para-hydroxylation sites is 1. The number of hydrogen-bond acceptors (Lipinski definition) is 5. The number of carbonyl (C=O) groups excluding carboxylic acids is 1. The summed E-state index contributed by atoms with van der Waals surface area (Å²) >= 11 is 0. The molecule has 0 saturated heterocycles. The molecule has 1 heterocycles. The van der Waals surface area contributed by atoms with Crippen molar-refractivity contribution in [1.29, 1.82) is 0 Å². The van der Waals surface area contributed by atoms with Crippen LogP contribution in [0.15, 0.2) is 46.9 Å². The van der Waals surface area contributed by atoms with Crippen molar-refractivity contribution in [1.82, 2.24) is 5.32 Å². The summed E-state index contributed by atoms with van der Waals surface area (Å²) in [6.45, 7) is 0.556. The van der Waals surface area contributed by atoms with Gasteiger partial charge in [0.05, 0.1) is 12.6 Å². The van der Waals surface area contributed by atoms with Gasteiger partial charge in [0, 0.05) is 0 Å². The van der Waals surface area contributed by atoms with Gasteiger partial charge in [-0.25, -0.2) is 0 Å². The third kappa shape index (κ3) is 3.58. The summed E-state index contributed by atoms with van der Waals surface area (Å²) < 4.78 is 10.2. The molecule has 0 radical (unpaired) electrons. The second-order valence-electron chi connectivity index (χ2n) is 3.81. The summed E-state index contributed by atoms with van der Waals surface area (Å²) in [4.78, 5) is 21.3. The van der Waals surface area contributed by atoms with Crippen molar-refractivity contribution in [2.75, 3.05) is 13.2 Å². The Balaban J connectivity index is 1.76. The minimum Gasteiger partial charge on any atom is -0.492 e. The minimum atomic E-state index is -0.699. The molecule has 1 N–H and O–H groups in total. The summed E-state index contributed by atoms with van der Waals surface area (Å²) in [5.41, 5.74) is 0. The van der Waals surface area contributed by atoms with Crippen molar-refractivity contribution in [3.05, 3.63) is 58.3 Å². The van der Waals surface area contributed by atoms with Gasteiger partial charge in [0.2, 0.25) is 0 Å². The molecule has 2 aromatic rings. The van der Waals surface area contributed by atoms with E-state index in [2.05, 4.69) is 5.32 Å². The van der Waals surface area contributed by atoms with Gasteiger partial charge in [-0.15, -0.1) is 0 Å². The lowest BCUT2D eigenvalue weighted by Crippen LogP contribution is -2.27. The SMILES string of the molecule is O=C(NCCOc1ccccc1)c1ccc([N+](=O)[O-])o1. The predicted octanol–water partition coefficient (Wildman–Crippen LogP) is 2.00. The van der Waals surface area contributed by atoms with Gasteiger partial charge in [-0.2, -0.15) is 0 Å². The largest absolute Gasteiger partial charge is 0.492 e. The van der Waals surface area contributed by atoms with Crippen molar-refractivity contribution in [2.24, 2.45) is 0 Å². The number of amides is 1. The number of rotatable bonds is 6. The van der Waals surface area contributed by atoms with Gasteiger partial charge >= 0.3 is 5.88 Å². The number of nitrogens with zero attached hydrogens (tertiary/aromatic N) is 1. The topological polar surface area (TPSA) is 94.6 Å². The molecular weight excluding hydrogens is 264 g/mol. The first-order valence-electron chi connectivity index (χ1n) is 5.87. The Morgan fingerprint density at radius 2 is 2.00 bits per heavy atom. The van der Waals surface area contributed by atoms with Crippen molar-refractivity contribution in [3.8, 4) is 5.75 Å². The number of nitro groups is 1. The molecule has 1 aromatic heterocycles. The summed E-state index contributed by atoms with van der Waals surface area (Å²) in [5.74, 6) is -0.378. The summed E-state index contributed by atoms with van der Waals surface area (Å²) in [6, 6.07) is 11.6. The van der Waals surface area contributed by atoms with Gasteiger partial charge < -0.3 is 14.5 Å². The molecule has 0 aliphatic heterocycles. The second kappa shape index (κ2) is 6.37. The summed E-state index contributed by atoms with van der Waals surface area (Å²) in [5, 5.41) is 13.0. The van der Waals surface area contributed by atoms with Crippen LogP contribution in [0.5, 0.6) is 5.75 Å². The van der Waals surface area contributed by atoms with Crippen LogP contribution in [0.3, 0.4) is 0 Å². The molecule has 0 aliphatic carbocycles. The van der Waals surface area contributed by atoms with Gasteiger partial charge in [-0.1, -0.05) is 18.2 Å². The first-order valence-corrected chi connectivity index (χ1v) is 5.87. The van der Waals surface area contributed by atoms with E-state index in [9.17, 15) is 14.9 Å². The van der Waals surface area contributed by atoms with Gasteiger partial charge in [-0.3, -0.25) is 14.9 Å². The Kier molecular flexibility index (Phi) is 4.33. The molecule has 1 amide bonds. The summed E-state index contributed by atoms with van der Waals surface area (Å²) in [7, 11) is 0. The highest BCUT2D eigenvalue weighted by Crippen LogP contribution is 2.15. The molecule has 0 atom stereocenters. The van der Waals surface area contributed by atoms with Crippen molar-refractivity contribution in [2.45, 2.75) is 0 Å². The van der Waals surface area contributed by atoms with E-state index in [1.54, 1.807) is 12.1 Å². The molecule has 0 spiro atoms. The van der Waals surface area contributed by atoms with Gasteiger partial charge in [0.25, 0.3) is 5.91 Å². The van der Waals surface area contributed by atoms with Crippen LogP contribution in [0.2, 0.25) is 0 Å². The maximum absolute atomic E-state index is 11.6. The zero-order valence-electron chi connectivity index (χ0n) is 10.4. The van der Waals surface area contributed by atoms with E-state index in [0.717, 1.165) is 6.07 Å². The Labute approximate surface area is 114 Å². The Morgan fingerprint density at radius 1 is 1.25 bits per heavy atom. The van der Waals surface area contributed by atoms with Crippen LogP contribution in [0.25, 0.3) is 0 Å². The Bertz CT molecular complexity index is 594. The minimum absolute atomic E-state index is 0.101. The van der Waals surface area contributed by atoms with E-state index in [1.165, 1.54) is 6.07 Å². The molecule has 104 valence electrons. The molecule has 7 heteroatoms. The van der Waals surface area contributed by atoms with Crippen molar-refractivity contribution in [3.63, 3.8) is 0 Å². The van der Waals surface area contributed by atoms with Crippen LogP contribution in [0.1, 0.15) is 10.6 Å². The van der Waals surface area contributed by atoms with Crippen LogP contribution >= 0.6 is 0 Å². The smallest absolute Gasteiger partial charge is 0.433 e. The molecular formula is C13H12N2O5. The average Bonchev–Trinajstić information content (AvgIpc) is 2.94. The number of hydrogen-bond donors (Lipinski definition) is 1.